The van der Waals surface area contributed by atoms with Gasteiger partial charge in [0, 0.05) is 33.1 Å². The minimum Gasteiger partial charge on any atom is -0.352 e. The largest absolute Gasteiger partial charge is 0.352 e. The van der Waals surface area contributed by atoms with Crippen LogP contribution in [0.15, 0.2) is 12.1 Å². The summed E-state index contributed by atoms with van der Waals surface area (Å²) in [6.07, 6.45) is 0.543. The third-order valence-corrected chi connectivity index (χ3v) is 4.90. The Morgan fingerprint density at radius 2 is 1.91 bits per heavy atom. The van der Waals surface area contributed by atoms with Gasteiger partial charge in [-0.2, -0.15) is 0 Å². The van der Waals surface area contributed by atoms with Gasteiger partial charge in [0.15, 0.2) is 11.6 Å². The SMILES string of the molecule is CCCS(=O)(=O)Nc1ccc(N2CCN(C(C)=O)CC2)nn1. The van der Waals surface area contributed by atoms with Gasteiger partial charge in [0.25, 0.3) is 0 Å². The second-order valence-electron chi connectivity index (χ2n) is 5.19. The van der Waals surface area contributed by atoms with Crippen molar-refractivity contribution in [1.82, 2.24) is 15.1 Å². The van der Waals surface area contributed by atoms with Crippen LogP contribution in [0.4, 0.5) is 11.6 Å². The predicted molar refractivity (Wildman–Crippen MR) is 84.2 cm³/mol. The molecule has 9 heteroatoms. The van der Waals surface area contributed by atoms with Gasteiger partial charge in [-0.1, -0.05) is 6.92 Å². The summed E-state index contributed by atoms with van der Waals surface area (Å²) < 4.78 is 25.7. The van der Waals surface area contributed by atoms with Crippen LogP contribution in [0, 0.1) is 0 Å². The lowest BCUT2D eigenvalue weighted by Gasteiger charge is -2.34. The van der Waals surface area contributed by atoms with E-state index in [0.717, 1.165) is 0 Å². The van der Waals surface area contributed by atoms with Crippen molar-refractivity contribution in [2.24, 2.45) is 0 Å². The van der Waals surface area contributed by atoms with Crippen LogP contribution in [0.5, 0.6) is 0 Å². The van der Waals surface area contributed by atoms with Crippen LogP contribution < -0.4 is 9.62 Å². The maximum Gasteiger partial charge on any atom is 0.233 e. The van der Waals surface area contributed by atoms with Crippen LogP contribution in [0.3, 0.4) is 0 Å². The Morgan fingerprint density at radius 3 is 2.41 bits per heavy atom. The Labute approximate surface area is 130 Å². The summed E-state index contributed by atoms with van der Waals surface area (Å²) in [7, 11) is -3.35. The van der Waals surface area contributed by atoms with E-state index in [0.29, 0.717) is 38.4 Å². The van der Waals surface area contributed by atoms with Crippen molar-refractivity contribution < 1.29 is 13.2 Å². The fourth-order valence-electron chi connectivity index (χ4n) is 2.28. The number of piperazine rings is 1. The second-order valence-corrected chi connectivity index (χ2v) is 7.03. The number of hydrogen-bond donors (Lipinski definition) is 1. The number of sulfonamides is 1. The molecule has 22 heavy (non-hydrogen) atoms. The van der Waals surface area contributed by atoms with E-state index >= 15 is 0 Å². The molecule has 1 aliphatic rings. The summed E-state index contributed by atoms with van der Waals surface area (Å²) in [5.41, 5.74) is 0. The highest BCUT2D eigenvalue weighted by Crippen LogP contribution is 2.15. The van der Waals surface area contributed by atoms with Gasteiger partial charge in [-0.25, -0.2) is 8.42 Å². The first kappa shape index (κ1) is 16.5. The molecule has 122 valence electrons. The first-order valence-electron chi connectivity index (χ1n) is 7.26. The number of amides is 1. The van der Waals surface area contributed by atoms with E-state index in [1.165, 1.54) is 0 Å². The molecule has 0 aliphatic carbocycles. The maximum atomic E-state index is 11.7. The average Bonchev–Trinajstić information content (AvgIpc) is 2.47. The van der Waals surface area contributed by atoms with Gasteiger partial charge >= 0.3 is 0 Å². The molecule has 0 atom stereocenters. The highest BCUT2D eigenvalue weighted by molar-refractivity contribution is 7.92. The molecule has 0 unspecified atom stereocenters. The second kappa shape index (κ2) is 6.91. The Morgan fingerprint density at radius 1 is 1.23 bits per heavy atom. The molecular weight excluding hydrogens is 306 g/mol. The zero-order chi connectivity index (χ0) is 16.2. The van der Waals surface area contributed by atoms with Crippen LogP contribution in [0.25, 0.3) is 0 Å². The number of nitrogens with one attached hydrogen (secondary N) is 1. The van der Waals surface area contributed by atoms with Crippen LogP contribution >= 0.6 is 0 Å². The average molecular weight is 327 g/mol. The lowest BCUT2D eigenvalue weighted by Crippen LogP contribution is -2.48. The van der Waals surface area contributed by atoms with Gasteiger partial charge in [0.1, 0.15) is 0 Å². The zero-order valence-corrected chi connectivity index (χ0v) is 13.6. The van der Waals surface area contributed by atoms with Gasteiger partial charge in [0.2, 0.25) is 15.9 Å². The van der Waals surface area contributed by atoms with Crippen LogP contribution in [0.2, 0.25) is 0 Å². The van der Waals surface area contributed by atoms with Crippen molar-refractivity contribution in [2.45, 2.75) is 20.3 Å². The Balaban J connectivity index is 1.97. The molecule has 1 fully saturated rings. The third-order valence-electron chi connectivity index (χ3n) is 3.43. The smallest absolute Gasteiger partial charge is 0.233 e. The standard InChI is InChI=1S/C13H21N5O3S/c1-3-10-22(20,21)16-12-4-5-13(15-14-12)18-8-6-17(7-9-18)11(2)19/h4-5H,3,6-10H2,1-2H3,(H,14,16). The van der Waals surface area contributed by atoms with E-state index in [1.807, 2.05) is 4.90 Å². The molecule has 0 saturated carbocycles. The van der Waals surface area contributed by atoms with E-state index in [4.69, 9.17) is 0 Å². The molecule has 1 amide bonds. The normalized spacial score (nSPS) is 15.7. The minimum atomic E-state index is -3.35. The molecule has 0 radical (unpaired) electrons. The molecule has 1 aliphatic heterocycles. The molecule has 2 rings (SSSR count). The highest BCUT2D eigenvalue weighted by Gasteiger charge is 2.20. The molecular formula is C13H21N5O3S. The molecule has 0 aromatic carbocycles. The summed E-state index contributed by atoms with van der Waals surface area (Å²) in [5, 5.41) is 7.98. The Bertz CT molecular complexity index is 609. The molecule has 1 aromatic rings. The summed E-state index contributed by atoms with van der Waals surface area (Å²) in [5.74, 6) is 1.04. The van der Waals surface area contributed by atoms with Gasteiger partial charge in [-0.15, -0.1) is 10.2 Å². The fraction of sp³-hybridized carbons (Fsp3) is 0.615. The number of hydrogen-bond acceptors (Lipinski definition) is 6. The van der Waals surface area contributed by atoms with Crippen molar-refractivity contribution in [1.29, 1.82) is 0 Å². The van der Waals surface area contributed by atoms with E-state index in [-0.39, 0.29) is 17.5 Å². The monoisotopic (exact) mass is 327 g/mol. The third kappa shape index (κ3) is 4.30. The van der Waals surface area contributed by atoms with E-state index in [2.05, 4.69) is 14.9 Å². The molecule has 1 saturated heterocycles. The van der Waals surface area contributed by atoms with Gasteiger partial charge in [-0.05, 0) is 18.6 Å². The van der Waals surface area contributed by atoms with Gasteiger partial charge in [0.05, 0.1) is 5.75 Å². The van der Waals surface area contributed by atoms with Crippen LogP contribution in [-0.2, 0) is 14.8 Å². The first-order valence-corrected chi connectivity index (χ1v) is 8.91. The predicted octanol–water partition coefficient (Wildman–Crippen LogP) is 0.297. The summed E-state index contributed by atoms with van der Waals surface area (Å²) in [6, 6.07) is 3.34. The number of anilines is 2. The van der Waals surface area contributed by atoms with Crippen molar-refractivity contribution in [2.75, 3.05) is 41.6 Å². The molecule has 1 N–H and O–H groups in total. The number of nitrogens with zero attached hydrogens (tertiary/aromatic N) is 4. The molecule has 0 spiro atoms. The van der Waals surface area contributed by atoms with E-state index < -0.39 is 10.0 Å². The quantitative estimate of drug-likeness (QED) is 0.835. The van der Waals surface area contributed by atoms with Gasteiger partial charge in [-0.3, -0.25) is 9.52 Å². The van der Waals surface area contributed by atoms with Crippen LogP contribution in [0.1, 0.15) is 20.3 Å². The summed E-state index contributed by atoms with van der Waals surface area (Å²) in [4.78, 5) is 15.1. The molecule has 0 bridgehead atoms. The van der Waals surface area contributed by atoms with Crippen molar-refractivity contribution >= 4 is 27.6 Å². The lowest BCUT2D eigenvalue weighted by molar-refractivity contribution is -0.129. The van der Waals surface area contributed by atoms with Crippen molar-refractivity contribution in [3.05, 3.63) is 12.1 Å². The summed E-state index contributed by atoms with van der Waals surface area (Å²) >= 11 is 0. The lowest BCUT2D eigenvalue weighted by atomic mass is 10.3. The summed E-state index contributed by atoms with van der Waals surface area (Å²) in [6.45, 7) is 6.05. The number of rotatable bonds is 5. The molecule has 1 aromatic heterocycles. The zero-order valence-electron chi connectivity index (χ0n) is 12.8. The molecule has 8 nitrogen and oxygen atoms in total. The fourth-order valence-corrected chi connectivity index (χ4v) is 3.34. The number of carbonyl (C=O) groups excluding carboxylic acids is 1. The van der Waals surface area contributed by atoms with E-state index in [1.54, 1.807) is 30.9 Å². The van der Waals surface area contributed by atoms with Crippen LogP contribution in [-0.4, -0.2) is 61.4 Å². The number of carbonyl (C=O) groups is 1. The minimum absolute atomic E-state index is 0.0590. The van der Waals surface area contributed by atoms with Crippen molar-refractivity contribution in [3.63, 3.8) is 0 Å². The van der Waals surface area contributed by atoms with E-state index in [9.17, 15) is 13.2 Å². The van der Waals surface area contributed by atoms with Gasteiger partial charge < -0.3 is 9.80 Å². The van der Waals surface area contributed by atoms with Crippen molar-refractivity contribution in [3.8, 4) is 0 Å². The maximum absolute atomic E-state index is 11.7. The Kier molecular flexibility index (Phi) is 5.17. The highest BCUT2D eigenvalue weighted by atomic mass is 32.2. The topological polar surface area (TPSA) is 95.5 Å². The Hall–Kier alpha value is -1.90. The number of aromatic nitrogens is 2. The first-order chi connectivity index (χ1) is 10.4. The molecule has 2 heterocycles.